The predicted molar refractivity (Wildman–Crippen MR) is 135 cm³/mol. The number of hydrogen-bond donors (Lipinski definition) is 0. The first-order valence-corrected chi connectivity index (χ1v) is 13.7. The number of esters is 2. The highest BCUT2D eigenvalue weighted by Crippen LogP contribution is 2.11. The van der Waals surface area contributed by atoms with Gasteiger partial charge in [0.25, 0.3) is 0 Å². The van der Waals surface area contributed by atoms with Gasteiger partial charge in [-0.3, -0.25) is 9.59 Å². The van der Waals surface area contributed by atoms with Crippen molar-refractivity contribution >= 4 is 11.9 Å². The van der Waals surface area contributed by atoms with Gasteiger partial charge >= 0.3 is 11.9 Å². The van der Waals surface area contributed by atoms with Crippen LogP contribution >= 0.6 is 0 Å². The molecule has 0 aliphatic carbocycles. The smallest absolute Gasteiger partial charge is 0.305 e. The summed E-state index contributed by atoms with van der Waals surface area (Å²) in [6.45, 7) is 5.48. The van der Waals surface area contributed by atoms with Gasteiger partial charge in [0, 0.05) is 12.8 Å². The molecule has 0 fully saturated rings. The zero-order valence-electron chi connectivity index (χ0n) is 21.3. The summed E-state index contributed by atoms with van der Waals surface area (Å²) >= 11 is 0. The van der Waals surface area contributed by atoms with E-state index in [4.69, 9.17) is 9.47 Å². The van der Waals surface area contributed by atoms with Crippen LogP contribution in [0, 0.1) is 0 Å². The van der Waals surface area contributed by atoms with Crippen LogP contribution in [-0.2, 0) is 19.1 Å². The van der Waals surface area contributed by atoms with E-state index in [9.17, 15) is 9.59 Å². The molecule has 0 aromatic carbocycles. The van der Waals surface area contributed by atoms with Crippen molar-refractivity contribution in [2.45, 2.75) is 142 Å². The van der Waals surface area contributed by atoms with Crippen LogP contribution in [-0.4, -0.2) is 25.2 Å². The normalized spacial score (nSPS) is 11.2. The lowest BCUT2D eigenvalue weighted by atomic mass is 10.1. The summed E-state index contributed by atoms with van der Waals surface area (Å²) in [6.07, 6.45) is 26.1. The molecule has 0 rings (SSSR count). The van der Waals surface area contributed by atoms with Crippen LogP contribution in [0.4, 0.5) is 0 Å². The summed E-state index contributed by atoms with van der Waals surface area (Å²) in [4.78, 5) is 23.5. The van der Waals surface area contributed by atoms with Gasteiger partial charge in [0.15, 0.2) is 0 Å². The molecule has 0 N–H and O–H groups in total. The Bertz CT molecular complexity index is 445. The lowest BCUT2D eigenvalue weighted by Gasteiger charge is -2.06. The zero-order valence-corrected chi connectivity index (χ0v) is 21.3. The van der Waals surface area contributed by atoms with Crippen molar-refractivity contribution in [1.82, 2.24) is 0 Å². The van der Waals surface area contributed by atoms with Crippen LogP contribution in [0.3, 0.4) is 0 Å². The number of rotatable bonds is 24. The number of carbonyl (C=O) groups excluding carboxylic acids is 2. The first-order valence-electron chi connectivity index (χ1n) is 13.7. The second kappa shape index (κ2) is 25.9. The third-order valence-corrected chi connectivity index (χ3v) is 5.69. The molecule has 0 aromatic rings. The Morgan fingerprint density at radius 1 is 0.500 bits per heavy atom. The summed E-state index contributed by atoms with van der Waals surface area (Å²) in [5.74, 6) is -0.296. The van der Waals surface area contributed by atoms with Crippen molar-refractivity contribution in [2.75, 3.05) is 13.2 Å². The van der Waals surface area contributed by atoms with Crippen LogP contribution in [0.2, 0.25) is 0 Å². The topological polar surface area (TPSA) is 52.6 Å². The van der Waals surface area contributed by atoms with E-state index in [-0.39, 0.29) is 11.9 Å². The fourth-order valence-electron chi connectivity index (χ4n) is 3.59. The van der Waals surface area contributed by atoms with Gasteiger partial charge in [0.05, 0.1) is 13.2 Å². The number of unbranched alkanes of at least 4 members (excludes halogenated alkanes) is 14. The molecule has 32 heavy (non-hydrogen) atoms. The summed E-state index contributed by atoms with van der Waals surface area (Å²) in [6, 6.07) is 0. The quantitative estimate of drug-likeness (QED) is 0.0837. The summed E-state index contributed by atoms with van der Waals surface area (Å²) in [5.41, 5.74) is 0. The molecular formula is C28H52O4. The molecular weight excluding hydrogens is 400 g/mol. The monoisotopic (exact) mass is 452 g/mol. The molecule has 0 aliphatic rings. The molecule has 0 aliphatic heterocycles. The number of hydrogen-bond acceptors (Lipinski definition) is 4. The Kier molecular flexibility index (Phi) is 24.9. The third kappa shape index (κ3) is 24.9. The van der Waals surface area contributed by atoms with Gasteiger partial charge in [0.2, 0.25) is 0 Å². The average Bonchev–Trinajstić information content (AvgIpc) is 2.79. The van der Waals surface area contributed by atoms with Gasteiger partial charge in [-0.15, -0.1) is 0 Å². The van der Waals surface area contributed by atoms with E-state index >= 15 is 0 Å². The van der Waals surface area contributed by atoms with Crippen molar-refractivity contribution < 1.29 is 19.1 Å². The Hall–Kier alpha value is -1.32. The third-order valence-electron chi connectivity index (χ3n) is 5.69. The molecule has 0 spiro atoms. The molecule has 188 valence electrons. The van der Waals surface area contributed by atoms with Gasteiger partial charge in [-0.05, 0) is 44.9 Å². The van der Waals surface area contributed by atoms with E-state index in [2.05, 4.69) is 26.0 Å². The second-order valence-corrected chi connectivity index (χ2v) is 8.94. The lowest BCUT2D eigenvalue weighted by Crippen LogP contribution is -2.08. The van der Waals surface area contributed by atoms with E-state index in [1.807, 2.05) is 0 Å². The summed E-state index contributed by atoms with van der Waals surface area (Å²) in [5, 5.41) is 0. The predicted octanol–water partition coefficient (Wildman–Crippen LogP) is 8.47. The highest BCUT2D eigenvalue weighted by Gasteiger charge is 2.06. The summed E-state index contributed by atoms with van der Waals surface area (Å²) < 4.78 is 10.5. The van der Waals surface area contributed by atoms with Crippen LogP contribution in [0.5, 0.6) is 0 Å². The van der Waals surface area contributed by atoms with E-state index in [1.165, 1.54) is 70.6 Å². The molecule has 4 nitrogen and oxygen atoms in total. The highest BCUT2D eigenvalue weighted by molar-refractivity contribution is 5.70. The van der Waals surface area contributed by atoms with Crippen LogP contribution in [0.1, 0.15) is 142 Å². The number of carbonyl (C=O) groups is 2. The van der Waals surface area contributed by atoms with E-state index in [1.54, 1.807) is 0 Å². The maximum absolute atomic E-state index is 11.8. The summed E-state index contributed by atoms with van der Waals surface area (Å²) in [7, 11) is 0. The molecule has 0 amide bonds. The minimum Gasteiger partial charge on any atom is -0.466 e. The van der Waals surface area contributed by atoms with Gasteiger partial charge in [-0.2, -0.15) is 0 Å². The van der Waals surface area contributed by atoms with Gasteiger partial charge < -0.3 is 9.47 Å². The van der Waals surface area contributed by atoms with Crippen LogP contribution < -0.4 is 0 Å². The molecule has 0 heterocycles. The van der Waals surface area contributed by atoms with E-state index < -0.39 is 0 Å². The Labute approximate surface area is 198 Å². The standard InChI is InChI=1S/C28H52O4/c1-3-5-7-9-11-13-14-16-18-22-26-32-28(30)24-20-19-23-27(29)31-25-21-17-15-12-10-8-6-4-2/h12,15H,3-11,13-14,16-26H2,1-2H3/b15-12+. The van der Waals surface area contributed by atoms with Gasteiger partial charge in [-0.25, -0.2) is 0 Å². The Balaban J connectivity index is 3.33. The Morgan fingerprint density at radius 3 is 1.44 bits per heavy atom. The molecule has 0 radical (unpaired) electrons. The molecule has 0 atom stereocenters. The molecule has 0 bridgehead atoms. The average molecular weight is 453 g/mol. The minimum atomic E-state index is -0.157. The fraction of sp³-hybridized carbons (Fsp3) is 0.857. The second-order valence-electron chi connectivity index (χ2n) is 8.94. The maximum atomic E-state index is 11.8. The minimum absolute atomic E-state index is 0.139. The van der Waals surface area contributed by atoms with Gasteiger partial charge in [-0.1, -0.05) is 96.6 Å². The first-order chi connectivity index (χ1) is 15.7. The van der Waals surface area contributed by atoms with Crippen molar-refractivity contribution in [2.24, 2.45) is 0 Å². The largest absolute Gasteiger partial charge is 0.466 e. The molecule has 0 saturated carbocycles. The van der Waals surface area contributed by atoms with Crippen molar-refractivity contribution in [3.05, 3.63) is 12.2 Å². The van der Waals surface area contributed by atoms with Crippen molar-refractivity contribution in [1.29, 1.82) is 0 Å². The van der Waals surface area contributed by atoms with Crippen LogP contribution in [0.25, 0.3) is 0 Å². The number of ether oxygens (including phenoxy) is 2. The molecule has 4 heteroatoms. The van der Waals surface area contributed by atoms with Crippen LogP contribution in [0.15, 0.2) is 12.2 Å². The maximum Gasteiger partial charge on any atom is 0.305 e. The zero-order chi connectivity index (χ0) is 23.5. The van der Waals surface area contributed by atoms with E-state index in [0.717, 1.165) is 32.1 Å². The number of allylic oxidation sites excluding steroid dienone is 2. The lowest BCUT2D eigenvalue weighted by molar-refractivity contribution is -0.146. The molecule has 0 unspecified atom stereocenters. The highest BCUT2D eigenvalue weighted by atomic mass is 16.5. The SMILES string of the molecule is CCCCC/C=C/CCCOC(=O)CCCCC(=O)OCCCCCCCCCCCC. The van der Waals surface area contributed by atoms with Crippen molar-refractivity contribution in [3.8, 4) is 0 Å². The van der Waals surface area contributed by atoms with Gasteiger partial charge in [0.1, 0.15) is 0 Å². The fourth-order valence-corrected chi connectivity index (χ4v) is 3.59. The first kappa shape index (κ1) is 30.7. The van der Waals surface area contributed by atoms with E-state index in [0.29, 0.717) is 38.9 Å². The molecule has 0 saturated heterocycles. The Morgan fingerprint density at radius 2 is 0.906 bits per heavy atom. The molecule has 0 aromatic heterocycles. The van der Waals surface area contributed by atoms with Crippen molar-refractivity contribution in [3.63, 3.8) is 0 Å².